The maximum Gasteiger partial charge on any atom is 0.143 e. The SMILES string of the molecule is Brc1cccc(-c2cccc3ccccc23)c1.c1cc(-c2cccc3ccccc23)cc(N(c2ccc(-c3cccc4ccccc34)cc2)c2ccc(-c3cccc4c3oc3ccccc34)cc2)c1.c1ccc2c(-c3ccc(Nc4ccc(-c5cccc6c5oc5ccccc56)cc4)cc3)cccc2c1. The van der Waals surface area contributed by atoms with E-state index in [4.69, 9.17) is 8.83 Å². The van der Waals surface area contributed by atoms with Crippen molar-refractivity contribution in [3.8, 4) is 66.8 Å². The Morgan fingerprint density at radius 2 is 0.505 bits per heavy atom. The van der Waals surface area contributed by atoms with Crippen LogP contribution < -0.4 is 10.2 Å². The van der Waals surface area contributed by atoms with Gasteiger partial charge in [-0.2, -0.15) is 0 Å². The van der Waals surface area contributed by atoms with E-state index < -0.39 is 0 Å². The third kappa shape index (κ3) is 12.7. The van der Waals surface area contributed by atoms with Crippen LogP contribution in [0.15, 0.2) is 414 Å². The molecule has 1 N–H and O–H groups in total. The van der Waals surface area contributed by atoms with Gasteiger partial charge in [0.25, 0.3) is 0 Å². The molecule has 20 aromatic rings. The fourth-order valence-corrected chi connectivity index (χ4v) is 15.4. The molecule has 0 aliphatic heterocycles. The Morgan fingerprint density at radius 3 is 0.914 bits per heavy atom. The van der Waals surface area contributed by atoms with Crippen LogP contribution in [0.5, 0.6) is 0 Å². The van der Waals surface area contributed by atoms with E-state index in [0.29, 0.717) is 0 Å². The van der Waals surface area contributed by atoms with Gasteiger partial charge in [0, 0.05) is 65.6 Å². The van der Waals surface area contributed by atoms with Crippen LogP contribution >= 0.6 is 15.9 Å². The van der Waals surface area contributed by atoms with Crippen molar-refractivity contribution in [2.24, 2.45) is 0 Å². The van der Waals surface area contributed by atoms with Crippen LogP contribution in [0.1, 0.15) is 0 Å². The van der Waals surface area contributed by atoms with Gasteiger partial charge >= 0.3 is 0 Å². The number of benzene rings is 18. The largest absolute Gasteiger partial charge is 0.455 e. The van der Waals surface area contributed by atoms with Crippen molar-refractivity contribution < 1.29 is 8.83 Å². The van der Waals surface area contributed by atoms with Crippen LogP contribution in [0.2, 0.25) is 0 Å². The van der Waals surface area contributed by atoms with Crippen LogP contribution in [0.4, 0.5) is 28.4 Å². The minimum absolute atomic E-state index is 0.908. The van der Waals surface area contributed by atoms with E-state index in [-0.39, 0.29) is 0 Å². The van der Waals surface area contributed by atoms with Crippen LogP contribution in [0.3, 0.4) is 0 Å². The zero-order valence-electron chi connectivity index (χ0n) is 57.2. The molecule has 18 aromatic carbocycles. The molecule has 2 aromatic heterocycles. The summed E-state index contributed by atoms with van der Waals surface area (Å²) < 4.78 is 13.7. The predicted octanol–water partition coefficient (Wildman–Crippen LogP) is 29.4. The number of hydrogen-bond donors (Lipinski definition) is 1. The number of nitrogens with one attached hydrogen (secondary N) is 1. The average Bonchev–Trinajstić information content (AvgIpc) is 1.76. The summed E-state index contributed by atoms with van der Waals surface area (Å²) in [5.74, 6) is 0. The van der Waals surface area contributed by atoms with Gasteiger partial charge in [-0.1, -0.05) is 331 Å². The molecule has 20 rings (SSSR count). The predicted molar refractivity (Wildman–Crippen MR) is 449 cm³/mol. The van der Waals surface area contributed by atoms with Gasteiger partial charge in [0.05, 0.1) is 0 Å². The first kappa shape index (κ1) is 63.8. The van der Waals surface area contributed by atoms with Gasteiger partial charge in [0.2, 0.25) is 0 Å². The van der Waals surface area contributed by atoms with E-state index in [0.717, 1.165) is 99.0 Å². The summed E-state index contributed by atoms with van der Waals surface area (Å²) in [6.07, 6.45) is 0. The minimum Gasteiger partial charge on any atom is -0.455 e. The maximum absolute atomic E-state index is 6.40. The molecular formula is C100H67BrN2O2. The molecule has 4 nitrogen and oxygen atoms in total. The van der Waals surface area contributed by atoms with E-state index in [1.54, 1.807) is 0 Å². The summed E-state index contributed by atoms with van der Waals surface area (Å²) in [7, 11) is 0. The monoisotopic (exact) mass is 1410 g/mol. The van der Waals surface area contributed by atoms with Crippen LogP contribution in [-0.2, 0) is 0 Å². The highest BCUT2D eigenvalue weighted by atomic mass is 79.9. The summed E-state index contributed by atoms with van der Waals surface area (Å²) >= 11 is 3.52. The van der Waals surface area contributed by atoms with Gasteiger partial charge in [0.1, 0.15) is 22.3 Å². The van der Waals surface area contributed by atoms with Crippen molar-refractivity contribution in [2.45, 2.75) is 0 Å². The number of nitrogens with zero attached hydrogens (tertiary/aromatic N) is 1. The molecule has 0 radical (unpaired) electrons. The zero-order chi connectivity index (χ0) is 70.0. The van der Waals surface area contributed by atoms with Gasteiger partial charge in [-0.05, 0) is 184 Å². The van der Waals surface area contributed by atoms with Crippen molar-refractivity contribution in [3.05, 3.63) is 405 Å². The Balaban J connectivity index is 0.000000127. The maximum atomic E-state index is 6.40. The molecule has 0 saturated heterocycles. The summed E-state index contributed by atoms with van der Waals surface area (Å²) in [6.45, 7) is 0. The highest BCUT2D eigenvalue weighted by Crippen LogP contribution is 2.43. The van der Waals surface area contributed by atoms with Crippen molar-refractivity contribution in [2.75, 3.05) is 10.2 Å². The first-order chi connectivity index (χ1) is 52.0. The number of halogens is 1. The van der Waals surface area contributed by atoms with E-state index >= 15 is 0 Å². The highest BCUT2D eigenvalue weighted by molar-refractivity contribution is 9.10. The Hall–Kier alpha value is -13.3. The summed E-state index contributed by atoms with van der Waals surface area (Å²) in [5, 5.41) is 18.2. The summed E-state index contributed by atoms with van der Waals surface area (Å²) in [5.41, 5.74) is 23.3. The molecule has 0 amide bonds. The second-order valence-electron chi connectivity index (χ2n) is 26.4. The molecule has 0 bridgehead atoms. The molecule has 496 valence electrons. The Labute approximate surface area is 617 Å². The van der Waals surface area contributed by atoms with Crippen LogP contribution in [0.25, 0.3) is 154 Å². The fraction of sp³-hybridized carbons (Fsp3) is 0. The smallest absolute Gasteiger partial charge is 0.143 e. The molecule has 5 heteroatoms. The summed E-state index contributed by atoms with van der Waals surface area (Å²) in [4.78, 5) is 2.35. The molecule has 0 aliphatic rings. The van der Waals surface area contributed by atoms with Crippen molar-refractivity contribution >= 4 is 131 Å². The minimum atomic E-state index is 0.908. The number of furan rings is 2. The second kappa shape index (κ2) is 28.2. The van der Waals surface area contributed by atoms with Gasteiger partial charge in [-0.3, -0.25) is 0 Å². The number of para-hydroxylation sites is 4. The van der Waals surface area contributed by atoms with Gasteiger partial charge < -0.3 is 19.1 Å². The molecule has 0 spiro atoms. The quantitative estimate of drug-likeness (QED) is 0.140. The molecule has 0 saturated carbocycles. The normalized spacial score (nSPS) is 11.3. The van der Waals surface area contributed by atoms with E-state index in [1.165, 1.54) is 87.6 Å². The molecular weight excluding hydrogens is 1340 g/mol. The third-order valence-corrected chi connectivity index (χ3v) is 20.6. The molecule has 105 heavy (non-hydrogen) atoms. The van der Waals surface area contributed by atoms with Gasteiger partial charge in [0.15, 0.2) is 0 Å². The second-order valence-corrected chi connectivity index (χ2v) is 27.4. The fourth-order valence-electron chi connectivity index (χ4n) is 15.0. The Morgan fingerprint density at radius 1 is 0.210 bits per heavy atom. The Kier molecular flexibility index (Phi) is 17.2. The molecule has 0 fully saturated rings. The first-order valence-electron chi connectivity index (χ1n) is 35.5. The third-order valence-electron chi connectivity index (χ3n) is 20.1. The zero-order valence-corrected chi connectivity index (χ0v) is 58.8. The number of anilines is 5. The topological polar surface area (TPSA) is 41.6 Å². The number of fused-ring (bicyclic) bond motifs is 10. The first-order valence-corrected chi connectivity index (χ1v) is 36.3. The van der Waals surface area contributed by atoms with Crippen molar-refractivity contribution in [1.82, 2.24) is 0 Å². The standard InChI is InChI=1S/C50H33NO.C34H23NO.C16H11Br/c1-3-17-42-34(11-1)13-8-20-44(42)36-25-29-39(30-26-36)51(41-16-7-15-38(33-41)45-21-9-14-35-12-2-4-18-43(35)45)40-31-27-37(28-32-40)46-22-10-23-48-47-19-5-6-24-49(47)52-50(46)48;1-2-9-28-23(7-1)8-5-11-29(28)24-15-19-26(20-16-24)35-27-21-17-25(18-22-27)30-12-6-13-32-31-10-3-4-14-33(31)36-34(30)32;17-14-8-3-7-13(11-14)16-10-4-6-12-5-1-2-9-15(12)16/h1-33H;1-22,35H;1-11H. The van der Waals surface area contributed by atoms with E-state index in [1.807, 2.05) is 24.3 Å². The Bertz CT molecular complexity index is 6550. The van der Waals surface area contributed by atoms with Crippen molar-refractivity contribution in [3.63, 3.8) is 0 Å². The van der Waals surface area contributed by atoms with Crippen molar-refractivity contribution in [1.29, 1.82) is 0 Å². The average molecular weight is 1410 g/mol. The number of rotatable bonds is 11. The lowest BCUT2D eigenvalue weighted by Gasteiger charge is -2.26. The lowest BCUT2D eigenvalue weighted by Crippen LogP contribution is -2.10. The lowest BCUT2D eigenvalue weighted by molar-refractivity contribution is 0.669. The lowest BCUT2D eigenvalue weighted by atomic mass is 9.97. The van der Waals surface area contributed by atoms with Crippen LogP contribution in [0, 0.1) is 0 Å². The molecule has 0 unspecified atom stereocenters. The molecule has 0 aliphatic carbocycles. The number of hydrogen-bond acceptors (Lipinski definition) is 4. The van der Waals surface area contributed by atoms with Crippen LogP contribution in [-0.4, -0.2) is 0 Å². The molecule has 2 heterocycles. The van der Waals surface area contributed by atoms with Gasteiger partial charge in [-0.15, -0.1) is 0 Å². The van der Waals surface area contributed by atoms with E-state index in [2.05, 4.69) is 402 Å². The van der Waals surface area contributed by atoms with E-state index in [9.17, 15) is 0 Å². The molecule has 0 atom stereocenters. The summed E-state index contributed by atoms with van der Waals surface area (Å²) in [6, 6.07) is 142. The van der Waals surface area contributed by atoms with Gasteiger partial charge in [-0.25, -0.2) is 0 Å². The highest BCUT2D eigenvalue weighted by Gasteiger charge is 2.19.